The minimum Gasteiger partial charge on any atom is -0.436 e. The molecule has 0 saturated heterocycles. The summed E-state index contributed by atoms with van der Waals surface area (Å²) in [7, 11) is 0. The van der Waals surface area contributed by atoms with Crippen molar-refractivity contribution in [2.45, 2.75) is 6.92 Å². The Morgan fingerprint density at radius 3 is 2.67 bits per heavy atom. The molecule has 0 unspecified atom stereocenters. The van der Waals surface area contributed by atoms with Crippen LogP contribution in [0.15, 0.2) is 46.9 Å². The molecule has 3 rings (SSSR count). The Bertz CT molecular complexity index is 714. The molecule has 0 fully saturated rings. The van der Waals surface area contributed by atoms with Crippen LogP contribution in [0.2, 0.25) is 0 Å². The number of rotatable bonds is 2. The van der Waals surface area contributed by atoms with Crippen LogP contribution in [-0.4, -0.2) is 11.3 Å². The Kier molecular flexibility index (Phi) is 2.45. The fourth-order valence-electron chi connectivity index (χ4n) is 1.99. The third kappa shape index (κ3) is 1.70. The summed E-state index contributed by atoms with van der Waals surface area (Å²) in [6.07, 6.45) is 0.812. The van der Waals surface area contributed by atoms with E-state index in [0.717, 1.165) is 17.4 Å². The van der Waals surface area contributed by atoms with Crippen LogP contribution in [0.1, 0.15) is 15.9 Å². The average molecular weight is 237 g/mol. The van der Waals surface area contributed by atoms with Gasteiger partial charge in [-0.25, -0.2) is 4.98 Å². The van der Waals surface area contributed by atoms with Gasteiger partial charge in [-0.3, -0.25) is 4.79 Å². The zero-order valence-corrected chi connectivity index (χ0v) is 9.88. The molecule has 0 saturated carbocycles. The van der Waals surface area contributed by atoms with Gasteiger partial charge in [0.05, 0.1) is 0 Å². The van der Waals surface area contributed by atoms with Crippen molar-refractivity contribution >= 4 is 17.4 Å². The normalized spacial score (nSPS) is 10.7. The number of oxazole rings is 1. The first-order chi connectivity index (χ1) is 8.78. The fourth-order valence-corrected chi connectivity index (χ4v) is 1.99. The summed E-state index contributed by atoms with van der Waals surface area (Å²) in [6.45, 7) is 1.93. The zero-order chi connectivity index (χ0) is 12.5. The summed E-state index contributed by atoms with van der Waals surface area (Å²) in [6, 6.07) is 13.4. The highest BCUT2D eigenvalue weighted by Gasteiger charge is 2.11. The van der Waals surface area contributed by atoms with E-state index in [4.69, 9.17) is 4.42 Å². The topological polar surface area (TPSA) is 43.1 Å². The van der Waals surface area contributed by atoms with Crippen LogP contribution in [0.25, 0.3) is 22.6 Å². The van der Waals surface area contributed by atoms with Crippen molar-refractivity contribution < 1.29 is 9.21 Å². The molecule has 3 heteroatoms. The highest BCUT2D eigenvalue weighted by atomic mass is 16.3. The van der Waals surface area contributed by atoms with Crippen LogP contribution in [0.4, 0.5) is 0 Å². The van der Waals surface area contributed by atoms with Crippen molar-refractivity contribution in [2.24, 2.45) is 0 Å². The average Bonchev–Trinajstić information content (AvgIpc) is 2.82. The lowest BCUT2D eigenvalue weighted by Crippen LogP contribution is -1.84. The number of aromatic nitrogens is 1. The van der Waals surface area contributed by atoms with Crippen LogP contribution in [-0.2, 0) is 0 Å². The predicted octanol–water partition coefficient (Wildman–Crippen LogP) is 3.62. The van der Waals surface area contributed by atoms with Crippen LogP contribution < -0.4 is 0 Å². The smallest absolute Gasteiger partial charge is 0.227 e. The van der Waals surface area contributed by atoms with Crippen LogP contribution in [0, 0.1) is 6.92 Å². The number of carbonyl (C=O) groups is 1. The predicted molar refractivity (Wildman–Crippen MR) is 69.6 cm³/mol. The fraction of sp³-hybridized carbons (Fsp3) is 0.0667. The summed E-state index contributed by atoms with van der Waals surface area (Å²) >= 11 is 0. The number of hydrogen-bond donors (Lipinski definition) is 0. The number of nitrogens with zero attached hydrogens (tertiary/aromatic N) is 1. The van der Waals surface area contributed by atoms with E-state index in [1.54, 1.807) is 0 Å². The second-order valence-electron chi connectivity index (χ2n) is 4.20. The van der Waals surface area contributed by atoms with Gasteiger partial charge in [-0.05, 0) is 36.8 Å². The van der Waals surface area contributed by atoms with Gasteiger partial charge in [0, 0.05) is 11.1 Å². The van der Waals surface area contributed by atoms with Crippen molar-refractivity contribution in [2.75, 3.05) is 0 Å². The first-order valence-electron chi connectivity index (χ1n) is 5.70. The van der Waals surface area contributed by atoms with Crippen LogP contribution in [0.5, 0.6) is 0 Å². The van der Waals surface area contributed by atoms with Gasteiger partial charge in [-0.1, -0.05) is 18.2 Å². The third-order valence-electron chi connectivity index (χ3n) is 2.82. The summed E-state index contributed by atoms with van der Waals surface area (Å²) in [5.41, 5.74) is 3.73. The first-order valence-corrected chi connectivity index (χ1v) is 5.70. The minimum atomic E-state index is 0.541. The Hall–Kier alpha value is -2.42. The highest BCUT2D eigenvalue weighted by molar-refractivity contribution is 5.94. The van der Waals surface area contributed by atoms with Gasteiger partial charge in [0.1, 0.15) is 5.52 Å². The lowest BCUT2D eigenvalue weighted by molar-refractivity contribution is 0.112. The Labute approximate surface area is 104 Å². The molecule has 0 aliphatic heterocycles. The number of aryl methyl sites for hydroxylation is 1. The van der Waals surface area contributed by atoms with E-state index >= 15 is 0 Å². The van der Waals surface area contributed by atoms with Crippen molar-refractivity contribution in [3.05, 3.63) is 53.6 Å². The molecule has 0 amide bonds. The lowest BCUT2D eigenvalue weighted by Gasteiger charge is -1.93. The van der Waals surface area contributed by atoms with E-state index in [0.29, 0.717) is 22.6 Å². The number of hydrogen-bond acceptors (Lipinski definition) is 3. The maximum atomic E-state index is 11.0. The van der Waals surface area contributed by atoms with Crippen molar-refractivity contribution in [3.63, 3.8) is 0 Å². The van der Waals surface area contributed by atoms with E-state index in [1.807, 2.05) is 49.4 Å². The van der Waals surface area contributed by atoms with E-state index in [-0.39, 0.29) is 0 Å². The largest absolute Gasteiger partial charge is 0.436 e. The molecule has 0 radical (unpaired) electrons. The maximum Gasteiger partial charge on any atom is 0.227 e. The molecule has 3 nitrogen and oxygen atoms in total. The van der Waals surface area contributed by atoms with Crippen molar-refractivity contribution in [3.8, 4) is 11.5 Å². The molecule has 0 spiro atoms. The summed E-state index contributed by atoms with van der Waals surface area (Å²) in [5, 5.41) is 0. The number of benzene rings is 2. The first kappa shape index (κ1) is 10.7. The van der Waals surface area contributed by atoms with Gasteiger partial charge >= 0.3 is 0 Å². The third-order valence-corrected chi connectivity index (χ3v) is 2.82. The van der Waals surface area contributed by atoms with Gasteiger partial charge < -0.3 is 4.42 Å². The molecule has 18 heavy (non-hydrogen) atoms. The Morgan fingerprint density at radius 2 is 1.94 bits per heavy atom. The molecule has 1 heterocycles. The highest BCUT2D eigenvalue weighted by Crippen LogP contribution is 2.26. The number of fused-ring (bicyclic) bond motifs is 1. The Morgan fingerprint density at radius 1 is 1.17 bits per heavy atom. The van der Waals surface area contributed by atoms with Crippen molar-refractivity contribution in [1.82, 2.24) is 4.98 Å². The lowest BCUT2D eigenvalue weighted by atomic mass is 10.1. The molecular weight excluding hydrogens is 226 g/mol. The van der Waals surface area contributed by atoms with Gasteiger partial charge in [-0.2, -0.15) is 0 Å². The van der Waals surface area contributed by atoms with Crippen molar-refractivity contribution in [1.29, 1.82) is 0 Å². The molecule has 1 aromatic heterocycles. The minimum absolute atomic E-state index is 0.541. The van der Waals surface area contributed by atoms with Crippen LogP contribution in [0.3, 0.4) is 0 Å². The molecule has 0 N–H and O–H groups in total. The summed E-state index contributed by atoms with van der Waals surface area (Å²) in [4.78, 5) is 15.4. The molecule has 2 aromatic carbocycles. The standard InChI is InChI=1S/C15H11NO2/c1-10-7-12(9-17)14-13(8-10)18-15(16-14)11-5-3-2-4-6-11/h2-9H,1H3. The molecule has 0 aliphatic carbocycles. The van der Waals surface area contributed by atoms with E-state index in [1.165, 1.54) is 0 Å². The second-order valence-corrected chi connectivity index (χ2v) is 4.20. The van der Waals surface area contributed by atoms with Crippen LogP contribution >= 0.6 is 0 Å². The molecular formula is C15H11NO2. The SMILES string of the molecule is Cc1cc(C=O)c2nc(-c3ccccc3)oc2c1. The molecule has 3 aromatic rings. The van der Waals surface area contributed by atoms with E-state index in [2.05, 4.69) is 4.98 Å². The van der Waals surface area contributed by atoms with E-state index < -0.39 is 0 Å². The quantitative estimate of drug-likeness (QED) is 0.639. The molecule has 0 aliphatic rings. The van der Waals surface area contributed by atoms with E-state index in [9.17, 15) is 4.79 Å². The molecule has 0 atom stereocenters. The van der Waals surface area contributed by atoms with Gasteiger partial charge in [0.25, 0.3) is 0 Å². The maximum absolute atomic E-state index is 11.0. The zero-order valence-electron chi connectivity index (χ0n) is 9.88. The molecule has 88 valence electrons. The second kappa shape index (κ2) is 4.11. The Balaban J connectivity index is 2.26. The monoisotopic (exact) mass is 237 g/mol. The van der Waals surface area contributed by atoms with Gasteiger partial charge in [0.15, 0.2) is 11.9 Å². The van der Waals surface area contributed by atoms with Gasteiger partial charge in [0.2, 0.25) is 5.89 Å². The summed E-state index contributed by atoms with van der Waals surface area (Å²) < 4.78 is 5.71. The van der Waals surface area contributed by atoms with Gasteiger partial charge in [-0.15, -0.1) is 0 Å². The number of carbonyl (C=O) groups excluding carboxylic acids is 1. The number of aldehydes is 1. The summed E-state index contributed by atoms with van der Waals surface area (Å²) in [5.74, 6) is 0.541. The molecule has 0 bridgehead atoms.